The molecule has 2 aromatic heterocycles. The lowest BCUT2D eigenvalue weighted by Gasteiger charge is -2.11. The molecule has 4 rings (SSSR count). The number of hydrogen-bond donors (Lipinski definition) is 0. The molecule has 0 amide bonds. The minimum Gasteiger partial charge on any atom is -0.324 e. The maximum Gasteiger partial charge on any atom is 0.211 e. The van der Waals surface area contributed by atoms with E-state index in [1.807, 2.05) is 36.4 Å². The van der Waals surface area contributed by atoms with Crippen LogP contribution in [0.15, 0.2) is 53.7 Å². The Hall–Kier alpha value is -2.11. The third kappa shape index (κ3) is 2.87. The Labute approximate surface area is 155 Å². The predicted octanol–water partition coefficient (Wildman–Crippen LogP) is 5.51. The molecule has 1 atom stereocenters. The summed E-state index contributed by atoms with van der Waals surface area (Å²) in [7, 11) is 0. The van der Waals surface area contributed by atoms with Gasteiger partial charge in [0.15, 0.2) is 5.65 Å². The molecular formula is C19H17ClN4S. The van der Waals surface area contributed by atoms with Crippen LogP contribution in [0.4, 0.5) is 0 Å². The number of para-hydroxylation sites is 1. The van der Waals surface area contributed by atoms with E-state index in [1.54, 1.807) is 11.8 Å². The van der Waals surface area contributed by atoms with Crippen molar-refractivity contribution in [2.75, 3.05) is 0 Å². The Morgan fingerprint density at radius 1 is 1.08 bits per heavy atom. The van der Waals surface area contributed by atoms with Crippen molar-refractivity contribution in [3.63, 3.8) is 0 Å². The molecule has 6 heteroatoms. The van der Waals surface area contributed by atoms with Gasteiger partial charge in [0, 0.05) is 22.2 Å². The smallest absolute Gasteiger partial charge is 0.211 e. The van der Waals surface area contributed by atoms with Gasteiger partial charge in [-0.05, 0) is 31.5 Å². The highest BCUT2D eigenvalue weighted by atomic mass is 35.5. The summed E-state index contributed by atoms with van der Waals surface area (Å²) in [6, 6.07) is 16.1. The monoisotopic (exact) mass is 368 g/mol. The van der Waals surface area contributed by atoms with Crippen molar-refractivity contribution >= 4 is 45.4 Å². The fourth-order valence-corrected chi connectivity index (χ4v) is 4.33. The molecule has 0 fully saturated rings. The molecule has 0 radical (unpaired) electrons. The van der Waals surface area contributed by atoms with Crippen LogP contribution >= 0.6 is 23.4 Å². The van der Waals surface area contributed by atoms with E-state index in [4.69, 9.17) is 16.6 Å². The molecule has 2 heterocycles. The van der Waals surface area contributed by atoms with Gasteiger partial charge in [-0.2, -0.15) is 0 Å². The van der Waals surface area contributed by atoms with Crippen molar-refractivity contribution in [3.8, 4) is 0 Å². The second-order valence-electron chi connectivity index (χ2n) is 5.81. The fraction of sp³-hybridized carbons (Fsp3) is 0.211. The summed E-state index contributed by atoms with van der Waals surface area (Å²) in [6.45, 7) is 5.06. The van der Waals surface area contributed by atoms with Crippen molar-refractivity contribution in [3.05, 3.63) is 59.1 Å². The largest absolute Gasteiger partial charge is 0.324 e. The average molecular weight is 369 g/mol. The summed E-state index contributed by atoms with van der Waals surface area (Å²) < 4.78 is 2.18. The first-order valence-corrected chi connectivity index (χ1v) is 9.47. The van der Waals surface area contributed by atoms with Crippen LogP contribution in [-0.2, 0) is 6.54 Å². The number of fused-ring (bicyclic) bond motifs is 3. The number of nitrogens with zero attached hydrogens (tertiary/aromatic N) is 4. The molecule has 126 valence electrons. The molecular weight excluding hydrogens is 352 g/mol. The maximum absolute atomic E-state index is 6.31. The summed E-state index contributed by atoms with van der Waals surface area (Å²) in [4.78, 5) is 4.79. The molecule has 25 heavy (non-hydrogen) atoms. The first-order chi connectivity index (χ1) is 12.2. The molecule has 4 aromatic rings. The van der Waals surface area contributed by atoms with Crippen LogP contribution < -0.4 is 0 Å². The lowest BCUT2D eigenvalue weighted by Crippen LogP contribution is -1.99. The Morgan fingerprint density at radius 2 is 1.84 bits per heavy atom. The average Bonchev–Trinajstić information content (AvgIpc) is 2.95. The van der Waals surface area contributed by atoms with Crippen LogP contribution in [-0.4, -0.2) is 19.7 Å². The van der Waals surface area contributed by atoms with Gasteiger partial charge in [-0.1, -0.05) is 59.8 Å². The Bertz CT molecular complexity index is 1060. The van der Waals surface area contributed by atoms with E-state index in [2.05, 4.69) is 40.7 Å². The molecule has 0 N–H and O–H groups in total. The van der Waals surface area contributed by atoms with E-state index in [-0.39, 0.29) is 5.25 Å². The van der Waals surface area contributed by atoms with Crippen LogP contribution in [0.3, 0.4) is 0 Å². The Morgan fingerprint density at radius 3 is 2.64 bits per heavy atom. The minimum atomic E-state index is 0.146. The van der Waals surface area contributed by atoms with Gasteiger partial charge in [-0.3, -0.25) is 0 Å². The number of rotatable bonds is 4. The second-order valence-corrected chi connectivity index (χ2v) is 7.52. The topological polar surface area (TPSA) is 43.6 Å². The van der Waals surface area contributed by atoms with Gasteiger partial charge in [-0.25, -0.2) is 4.98 Å². The Kier molecular flexibility index (Phi) is 4.36. The standard InChI is InChI=1S/C19H17ClN4S/c1-3-24-16-11-7-5-9-14(16)17-18(24)21-19(23-22-17)25-12(2)13-8-4-6-10-15(13)20/h4-12H,3H2,1-2H3/t12-/m0/s1. The van der Waals surface area contributed by atoms with Crippen LogP contribution in [0.25, 0.3) is 22.1 Å². The van der Waals surface area contributed by atoms with Crippen molar-refractivity contribution in [1.82, 2.24) is 19.7 Å². The fourth-order valence-electron chi connectivity index (χ4n) is 3.09. The SMILES string of the molecule is CCn1c2ccccc2c2nnc(S[C@@H](C)c3ccccc3Cl)nc21. The van der Waals surface area contributed by atoms with E-state index in [0.717, 1.165) is 39.2 Å². The van der Waals surface area contributed by atoms with Gasteiger partial charge in [0.1, 0.15) is 5.52 Å². The van der Waals surface area contributed by atoms with Crippen molar-refractivity contribution in [1.29, 1.82) is 0 Å². The highest BCUT2D eigenvalue weighted by Crippen LogP contribution is 2.37. The van der Waals surface area contributed by atoms with Gasteiger partial charge in [0.25, 0.3) is 0 Å². The third-order valence-corrected chi connectivity index (χ3v) is 5.63. The highest BCUT2D eigenvalue weighted by molar-refractivity contribution is 7.99. The normalized spacial score (nSPS) is 12.8. The van der Waals surface area contributed by atoms with E-state index in [1.165, 1.54) is 0 Å². The molecule has 2 aromatic carbocycles. The van der Waals surface area contributed by atoms with Crippen LogP contribution in [0.5, 0.6) is 0 Å². The number of benzene rings is 2. The molecule has 0 spiro atoms. The second kappa shape index (κ2) is 6.65. The maximum atomic E-state index is 6.31. The zero-order valence-corrected chi connectivity index (χ0v) is 15.6. The lowest BCUT2D eigenvalue weighted by atomic mass is 10.2. The minimum absolute atomic E-state index is 0.146. The van der Waals surface area contributed by atoms with Crippen molar-refractivity contribution in [2.24, 2.45) is 0 Å². The van der Waals surface area contributed by atoms with Gasteiger partial charge in [-0.15, -0.1) is 10.2 Å². The molecule has 0 aliphatic carbocycles. The number of aryl methyl sites for hydroxylation is 1. The highest BCUT2D eigenvalue weighted by Gasteiger charge is 2.16. The van der Waals surface area contributed by atoms with E-state index in [9.17, 15) is 0 Å². The number of halogens is 1. The van der Waals surface area contributed by atoms with Gasteiger partial charge in [0.2, 0.25) is 5.16 Å². The quantitative estimate of drug-likeness (QED) is 0.446. The molecule has 0 bridgehead atoms. The molecule has 0 saturated carbocycles. The summed E-state index contributed by atoms with van der Waals surface area (Å²) in [6.07, 6.45) is 0. The molecule has 0 saturated heterocycles. The van der Waals surface area contributed by atoms with Crippen molar-refractivity contribution < 1.29 is 0 Å². The predicted molar refractivity (Wildman–Crippen MR) is 104 cm³/mol. The van der Waals surface area contributed by atoms with E-state index >= 15 is 0 Å². The Balaban J connectivity index is 1.76. The molecule has 0 aliphatic heterocycles. The third-order valence-electron chi connectivity index (χ3n) is 4.30. The molecule has 4 nitrogen and oxygen atoms in total. The molecule has 0 aliphatic rings. The molecule has 0 unspecified atom stereocenters. The van der Waals surface area contributed by atoms with E-state index < -0.39 is 0 Å². The summed E-state index contributed by atoms with van der Waals surface area (Å²) in [5, 5.41) is 11.5. The van der Waals surface area contributed by atoms with Crippen LogP contribution in [0.2, 0.25) is 5.02 Å². The van der Waals surface area contributed by atoms with Crippen molar-refractivity contribution in [2.45, 2.75) is 30.8 Å². The summed E-state index contributed by atoms with van der Waals surface area (Å²) >= 11 is 7.88. The van der Waals surface area contributed by atoms with Gasteiger partial charge in [0.05, 0.1) is 5.52 Å². The van der Waals surface area contributed by atoms with E-state index in [0.29, 0.717) is 5.16 Å². The number of aromatic nitrogens is 4. The van der Waals surface area contributed by atoms with Crippen LogP contribution in [0.1, 0.15) is 24.7 Å². The summed E-state index contributed by atoms with van der Waals surface area (Å²) in [5.41, 5.74) is 3.96. The number of hydrogen-bond acceptors (Lipinski definition) is 4. The van der Waals surface area contributed by atoms with Gasteiger partial charge < -0.3 is 4.57 Å². The zero-order chi connectivity index (χ0) is 17.4. The van der Waals surface area contributed by atoms with Crippen LogP contribution in [0, 0.1) is 0 Å². The lowest BCUT2D eigenvalue weighted by molar-refractivity contribution is 0.788. The first-order valence-electron chi connectivity index (χ1n) is 8.21. The summed E-state index contributed by atoms with van der Waals surface area (Å²) in [5.74, 6) is 0. The first kappa shape index (κ1) is 16.4. The van der Waals surface area contributed by atoms with Gasteiger partial charge >= 0.3 is 0 Å². The zero-order valence-electron chi connectivity index (χ0n) is 14.0. The number of thioether (sulfide) groups is 1.